The van der Waals surface area contributed by atoms with E-state index in [4.69, 9.17) is 9.15 Å². The molecule has 0 bridgehead atoms. The molecular formula is C20H13BrN4O2. The van der Waals surface area contributed by atoms with Crippen molar-refractivity contribution < 1.29 is 9.15 Å². The molecule has 5 rings (SSSR count). The highest BCUT2D eigenvalue weighted by Crippen LogP contribution is 2.36. The molecule has 0 radical (unpaired) electrons. The number of para-hydroxylation sites is 1. The van der Waals surface area contributed by atoms with Gasteiger partial charge in [-0.3, -0.25) is 0 Å². The van der Waals surface area contributed by atoms with Crippen LogP contribution in [0.15, 0.2) is 69.6 Å². The summed E-state index contributed by atoms with van der Waals surface area (Å²) in [6, 6.07) is 20.2. The van der Waals surface area contributed by atoms with Crippen molar-refractivity contribution in [1.29, 1.82) is 0 Å². The Kier molecular flexibility index (Phi) is 3.86. The van der Waals surface area contributed by atoms with Gasteiger partial charge in [-0.15, -0.1) is 10.2 Å². The average molecular weight is 421 g/mol. The molecule has 6 nitrogen and oxygen atoms in total. The molecule has 2 heterocycles. The number of aromatic nitrogens is 4. The van der Waals surface area contributed by atoms with E-state index in [-0.39, 0.29) is 6.61 Å². The summed E-state index contributed by atoms with van der Waals surface area (Å²) in [6.07, 6.45) is 0. The number of aromatic amines is 1. The molecule has 1 N–H and O–H groups in total. The largest absolute Gasteiger partial charge is 0.484 e. The van der Waals surface area contributed by atoms with Crippen molar-refractivity contribution in [3.05, 3.63) is 71.0 Å². The number of tetrazole rings is 1. The van der Waals surface area contributed by atoms with Gasteiger partial charge in [0.1, 0.15) is 17.1 Å². The predicted octanol–water partition coefficient (Wildman–Crippen LogP) is 5.11. The first-order chi connectivity index (χ1) is 13.3. The molecule has 3 aromatic carbocycles. The predicted molar refractivity (Wildman–Crippen MR) is 105 cm³/mol. The van der Waals surface area contributed by atoms with E-state index in [2.05, 4.69) is 54.8 Å². The summed E-state index contributed by atoms with van der Waals surface area (Å²) in [4.78, 5) is 0. The van der Waals surface area contributed by atoms with Gasteiger partial charge >= 0.3 is 0 Å². The van der Waals surface area contributed by atoms with Crippen LogP contribution in [0.4, 0.5) is 0 Å². The molecule has 0 aliphatic carbocycles. The fourth-order valence-electron chi connectivity index (χ4n) is 3.05. The van der Waals surface area contributed by atoms with Gasteiger partial charge < -0.3 is 9.15 Å². The van der Waals surface area contributed by atoms with Crippen molar-refractivity contribution in [2.45, 2.75) is 6.61 Å². The van der Waals surface area contributed by atoms with E-state index < -0.39 is 0 Å². The molecule has 0 fully saturated rings. The van der Waals surface area contributed by atoms with Gasteiger partial charge in [-0.05, 0) is 51.0 Å². The lowest BCUT2D eigenvalue weighted by atomic mass is 10.0. The molecule has 0 amide bonds. The Bertz CT molecular complexity index is 1210. The van der Waals surface area contributed by atoms with Crippen molar-refractivity contribution in [3.63, 3.8) is 0 Å². The molecule has 0 spiro atoms. The highest BCUT2D eigenvalue weighted by Gasteiger charge is 2.11. The third-order valence-electron chi connectivity index (χ3n) is 4.37. The van der Waals surface area contributed by atoms with E-state index in [1.807, 2.05) is 42.5 Å². The van der Waals surface area contributed by atoms with Crippen molar-refractivity contribution >= 4 is 37.7 Å². The Morgan fingerprint density at radius 3 is 2.78 bits per heavy atom. The van der Waals surface area contributed by atoms with Crippen LogP contribution in [0.25, 0.3) is 33.1 Å². The minimum Gasteiger partial charge on any atom is -0.484 e. The summed E-state index contributed by atoms with van der Waals surface area (Å²) < 4.78 is 12.7. The first kappa shape index (κ1) is 16.0. The molecule has 0 saturated heterocycles. The first-order valence-electron chi connectivity index (χ1n) is 8.34. The standard InChI is InChI=1S/C20H13BrN4O2/c21-20-15-7-5-14(18-10-13-3-1-2-4-16(13)27-18)9-12(15)6-8-17(20)26-11-19-22-24-25-23-19/h1-10H,11H2,(H,22,23,24,25). The zero-order valence-electron chi connectivity index (χ0n) is 14.0. The van der Waals surface area contributed by atoms with E-state index in [1.165, 1.54) is 0 Å². The number of H-pyrrole nitrogens is 1. The van der Waals surface area contributed by atoms with Crippen molar-refractivity contribution in [3.8, 4) is 17.1 Å². The summed E-state index contributed by atoms with van der Waals surface area (Å²) >= 11 is 3.64. The number of nitrogens with zero attached hydrogens (tertiary/aromatic N) is 3. The first-order valence-corrected chi connectivity index (χ1v) is 9.13. The van der Waals surface area contributed by atoms with Crippen LogP contribution in [0.5, 0.6) is 5.75 Å². The number of rotatable bonds is 4. The molecule has 0 unspecified atom stereocenters. The zero-order valence-corrected chi connectivity index (χ0v) is 15.6. The normalized spacial score (nSPS) is 11.3. The topological polar surface area (TPSA) is 76.8 Å². The number of nitrogens with one attached hydrogen (secondary N) is 1. The molecule has 0 atom stereocenters. The SMILES string of the molecule is Brc1c(OCc2nn[nH]n2)ccc2cc(-c3cc4ccccc4o3)ccc12. The summed E-state index contributed by atoms with van der Waals surface area (Å²) in [5.41, 5.74) is 1.92. The van der Waals surface area contributed by atoms with Crippen LogP contribution in [0, 0.1) is 0 Å². The summed E-state index contributed by atoms with van der Waals surface area (Å²) in [5, 5.41) is 17.0. The van der Waals surface area contributed by atoms with Gasteiger partial charge in [0.15, 0.2) is 6.61 Å². The number of ether oxygens (including phenoxy) is 1. The molecular weight excluding hydrogens is 408 g/mol. The highest BCUT2D eigenvalue weighted by molar-refractivity contribution is 9.10. The van der Waals surface area contributed by atoms with Gasteiger partial charge in [0, 0.05) is 10.9 Å². The molecule has 27 heavy (non-hydrogen) atoms. The lowest BCUT2D eigenvalue weighted by molar-refractivity contribution is 0.294. The van der Waals surface area contributed by atoms with Crippen LogP contribution in [0.2, 0.25) is 0 Å². The van der Waals surface area contributed by atoms with Crippen LogP contribution in [0.3, 0.4) is 0 Å². The molecule has 0 aliphatic heterocycles. The van der Waals surface area contributed by atoms with Crippen molar-refractivity contribution in [2.24, 2.45) is 0 Å². The summed E-state index contributed by atoms with van der Waals surface area (Å²) in [7, 11) is 0. The minimum absolute atomic E-state index is 0.248. The second-order valence-corrected chi connectivity index (χ2v) is 6.87. The van der Waals surface area contributed by atoms with E-state index >= 15 is 0 Å². The zero-order chi connectivity index (χ0) is 18.2. The number of fused-ring (bicyclic) bond motifs is 2. The Morgan fingerprint density at radius 1 is 1.00 bits per heavy atom. The van der Waals surface area contributed by atoms with Gasteiger partial charge in [-0.25, -0.2) is 0 Å². The monoisotopic (exact) mass is 420 g/mol. The number of hydrogen-bond acceptors (Lipinski definition) is 5. The van der Waals surface area contributed by atoms with Crippen molar-refractivity contribution in [2.75, 3.05) is 0 Å². The van der Waals surface area contributed by atoms with Gasteiger partial charge in [-0.2, -0.15) is 5.21 Å². The van der Waals surface area contributed by atoms with E-state index in [9.17, 15) is 0 Å². The molecule has 0 aliphatic rings. The van der Waals surface area contributed by atoms with Gasteiger partial charge in [0.05, 0.1) is 4.47 Å². The van der Waals surface area contributed by atoms with Crippen LogP contribution < -0.4 is 4.74 Å². The fraction of sp³-hybridized carbons (Fsp3) is 0.0500. The third-order valence-corrected chi connectivity index (χ3v) is 5.19. The fourth-order valence-corrected chi connectivity index (χ4v) is 3.65. The number of furan rings is 1. The summed E-state index contributed by atoms with van der Waals surface area (Å²) in [5.74, 6) is 2.08. The second kappa shape index (κ2) is 6.51. The minimum atomic E-state index is 0.248. The van der Waals surface area contributed by atoms with E-state index in [0.29, 0.717) is 5.82 Å². The van der Waals surface area contributed by atoms with Crippen LogP contribution in [-0.2, 0) is 6.61 Å². The maximum Gasteiger partial charge on any atom is 0.211 e. The molecule has 7 heteroatoms. The second-order valence-electron chi connectivity index (χ2n) is 6.08. The van der Waals surface area contributed by atoms with Gasteiger partial charge in [-0.1, -0.05) is 41.6 Å². The molecule has 5 aromatic rings. The molecule has 132 valence electrons. The maximum absolute atomic E-state index is 5.98. The lowest BCUT2D eigenvalue weighted by Crippen LogP contribution is -1.98. The lowest BCUT2D eigenvalue weighted by Gasteiger charge is -2.09. The Labute approximate surface area is 162 Å². The van der Waals surface area contributed by atoms with Crippen LogP contribution in [-0.4, -0.2) is 20.6 Å². The maximum atomic E-state index is 5.98. The van der Waals surface area contributed by atoms with Gasteiger partial charge in [0.25, 0.3) is 0 Å². The van der Waals surface area contributed by atoms with Crippen LogP contribution in [0.1, 0.15) is 5.82 Å². The smallest absolute Gasteiger partial charge is 0.211 e. The van der Waals surface area contributed by atoms with E-state index in [0.717, 1.165) is 43.3 Å². The van der Waals surface area contributed by atoms with Gasteiger partial charge in [0.2, 0.25) is 5.82 Å². The highest BCUT2D eigenvalue weighted by atomic mass is 79.9. The number of benzene rings is 3. The Morgan fingerprint density at radius 2 is 1.93 bits per heavy atom. The Balaban J connectivity index is 1.49. The Hall–Kier alpha value is -3.19. The quantitative estimate of drug-likeness (QED) is 0.437. The van der Waals surface area contributed by atoms with Crippen LogP contribution >= 0.6 is 15.9 Å². The average Bonchev–Trinajstić information content (AvgIpc) is 3.37. The molecule has 0 saturated carbocycles. The third kappa shape index (κ3) is 2.96. The number of halogens is 1. The van der Waals surface area contributed by atoms with E-state index in [1.54, 1.807) is 0 Å². The number of hydrogen-bond donors (Lipinski definition) is 1. The molecule has 2 aromatic heterocycles. The summed E-state index contributed by atoms with van der Waals surface area (Å²) in [6.45, 7) is 0.248. The van der Waals surface area contributed by atoms with Crippen molar-refractivity contribution in [1.82, 2.24) is 20.6 Å².